The molecule has 0 bridgehead atoms. The molecule has 5 atom stereocenters. The zero-order chi connectivity index (χ0) is 40.1. The molecule has 1 aliphatic heterocycles. The first kappa shape index (κ1) is 44.9. The molecular formula is C44H70N4O5Si. The Morgan fingerprint density at radius 2 is 1.50 bits per heavy atom. The quantitative estimate of drug-likeness (QED) is 0.141. The van der Waals surface area contributed by atoms with Crippen molar-refractivity contribution in [3.8, 4) is 0 Å². The van der Waals surface area contributed by atoms with Crippen LogP contribution in [0.15, 0.2) is 66.7 Å². The molecule has 1 heterocycles. The van der Waals surface area contributed by atoms with E-state index in [2.05, 4.69) is 62.8 Å². The van der Waals surface area contributed by atoms with Gasteiger partial charge in [0.1, 0.15) is 11.6 Å². The number of allylic oxidation sites excluding steroid dienone is 1. The fourth-order valence-electron chi connectivity index (χ4n) is 7.30. The molecule has 2 aromatic carbocycles. The van der Waals surface area contributed by atoms with Gasteiger partial charge >= 0.3 is 6.09 Å². The number of alkyl carbamates (subject to hydrolysis) is 1. The number of ether oxygens (including phenoxy) is 1. The molecular weight excluding hydrogens is 693 g/mol. The minimum absolute atomic E-state index is 0.0249. The summed E-state index contributed by atoms with van der Waals surface area (Å²) >= 11 is 0. The normalized spacial score (nSPS) is 17.2. The van der Waals surface area contributed by atoms with Gasteiger partial charge in [0.15, 0.2) is 9.04 Å². The van der Waals surface area contributed by atoms with Gasteiger partial charge in [-0.2, -0.15) is 0 Å². The fraction of sp³-hybridized carbons (Fsp3) is 0.614. The average Bonchev–Trinajstić information content (AvgIpc) is 3.09. The average molecular weight is 763 g/mol. The lowest BCUT2D eigenvalue weighted by Gasteiger charge is -2.43. The van der Waals surface area contributed by atoms with Crippen LogP contribution in [0, 0.1) is 23.2 Å². The fourth-order valence-corrected chi connectivity index (χ4v) is 8.21. The number of nitrogens with zero attached hydrogens (tertiary/aromatic N) is 1. The highest BCUT2D eigenvalue weighted by Crippen LogP contribution is 2.41. The highest BCUT2D eigenvalue weighted by atomic mass is 28.3. The molecule has 1 unspecified atom stereocenters. The van der Waals surface area contributed by atoms with E-state index in [1.165, 1.54) is 0 Å². The Morgan fingerprint density at radius 3 is 2.02 bits per heavy atom. The molecule has 10 heteroatoms. The highest BCUT2D eigenvalue weighted by Gasteiger charge is 2.43. The van der Waals surface area contributed by atoms with E-state index in [1.807, 2.05) is 106 Å². The van der Waals surface area contributed by atoms with Crippen molar-refractivity contribution in [1.82, 2.24) is 20.9 Å². The molecule has 3 rings (SSSR count). The molecule has 0 aliphatic carbocycles. The summed E-state index contributed by atoms with van der Waals surface area (Å²) in [6.07, 6.45) is 5.80. The first-order valence-corrected chi connectivity index (χ1v) is 22.9. The first-order chi connectivity index (χ1) is 25.4. The summed E-state index contributed by atoms with van der Waals surface area (Å²) in [7, 11) is -1.64. The van der Waals surface area contributed by atoms with Crippen LogP contribution < -0.4 is 16.0 Å². The third-order valence-electron chi connectivity index (χ3n) is 10.1. The van der Waals surface area contributed by atoms with Gasteiger partial charge in [-0.3, -0.25) is 9.59 Å². The van der Waals surface area contributed by atoms with Gasteiger partial charge in [0.2, 0.25) is 11.8 Å². The molecule has 1 saturated heterocycles. The Hall–Kier alpha value is -3.47. The van der Waals surface area contributed by atoms with Crippen LogP contribution in [0.2, 0.25) is 13.1 Å². The number of hydrogen-bond acceptors (Lipinski definition) is 6. The van der Waals surface area contributed by atoms with Crippen molar-refractivity contribution in [1.29, 1.82) is 0 Å². The minimum Gasteiger partial charge on any atom is -0.444 e. The lowest BCUT2D eigenvalue weighted by molar-refractivity contribution is -0.140. The summed E-state index contributed by atoms with van der Waals surface area (Å²) in [4.78, 5) is 44.3. The molecule has 0 saturated carbocycles. The van der Waals surface area contributed by atoms with Crippen molar-refractivity contribution in [2.75, 3.05) is 19.6 Å². The predicted molar refractivity (Wildman–Crippen MR) is 223 cm³/mol. The van der Waals surface area contributed by atoms with Crippen molar-refractivity contribution in [2.45, 2.75) is 131 Å². The Kier molecular flexibility index (Phi) is 17.5. The second-order valence-corrected chi connectivity index (χ2v) is 19.9. The molecule has 3 amide bonds. The predicted octanol–water partition coefficient (Wildman–Crippen LogP) is 8.13. The van der Waals surface area contributed by atoms with Gasteiger partial charge in [-0.1, -0.05) is 114 Å². The number of likely N-dealkylation sites (tertiary alicyclic amines) is 1. The zero-order valence-corrected chi connectivity index (χ0v) is 36.1. The van der Waals surface area contributed by atoms with Gasteiger partial charge in [-0.15, -0.1) is 0 Å². The molecule has 300 valence electrons. The van der Waals surface area contributed by atoms with Gasteiger partial charge in [-0.25, -0.2) is 4.79 Å². The number of amides is 3. The van der Waals surface area contributed by atoms with Gasteiger partial charge < -0.3 is 30.0 Å². The van der Waals surface area contributed by atoms with Gasteiger partial charge in [-0.05, 0) is 94.5 Å². The maximum Gasteiger partial charge on any atom is 0.407 e. The molecule has 1 fully saturated rings. The number of carbonyl (C=O) groups is 3. The van der Waals surface area contributed by atoms with Crippen molar-refractivity contribution >= 4 is 33.0 Å². The van der Waals surface area contributed by atoms with Crippen LogP contribution in [-0.4, -0.2) is 75.2 Å². The highest BCUT2D eigenvalue weighted by molar-refractivity contribution is 6.48. The molecule has 0 spiro atoms. The topological polar surface area (TPSA) is 109 Å². The minimum atomic E-state index is -1.64. The molecule has 1 aliphatic rings. The SMILES string of the molecule is CCNC1CCN(C(=O)[C@@H](NC(=O)[C@H](CC=Cc2ccccc2)C[C@H]([C@H](NC(=O)OC(C)(C)C)C(O[SiH](C)C)c2ccccc2)C(C)(C)C)C(C)C)CC1. The second-order valence-electron chi connectivity index (χ2n) is 17.5. The summed E-state index contributed by atoms with van der Waals surface area (Å²) < 4.78 is 12.6. The number of hydrogen-bond donors (Lipinski definition) is 3. The number of carbonyl (C=O) groups excluding carboxylic acids is 3. The summed E-state index contributed by atoms with van der Waals surface area (Å²) in [6.45, 7) is 24.6. The van der Waals surface area contributed by atoms with Crippen molar-refractivity contribution in [3.63, 3.8) is 0 Å². The van der Waals surface area contributed by atoms with Gasteiger partial charge in [0.05, 0.1) is 12.1 Å². The van der Waals surface area contributed by atoms with Crippen molar-refractivity contribution < 1.29 is 23.5 Å². The lowest BCUT2D eigenvalue weighted by Crippen LogP contribution is -2.56. The van der Waals surface area contributed by atoms with Crippen LogP contribution in [0.4, 0.5) is 4.79 Å². The van der Waals surface area contributed by atoms with Crippen LogP contribution in [-0.2, 0) is 18.8 Å². The Balaban J connectivity index is 2.05. The summed E-state index contributed by atoms with van der Waals surface area (Å²) in [6, 6.07) is 19.3. The van der Waals surface area contributed by atoms with E-state index in [-0.39, 0.29) is 29.1 Å². The maximum absolute atomic E-state index is 14.7. The van der Waals surface area contributed by atoms with Crippen LogP contribution in [0.1, 0.15) is 105 Å². The number of rotatable bonds is 17. The van der Waals surface area contributed by atoms with Crippen LogP contribution >= 0.6 is 0 Å². The molecule has 54 heavy (non-hydrogen) atoms. The standard InChI is InChI=1S/C44H70N4O5Si/c1-12-45-35-26-28-48(29-27-35)41(50)37(31(2)3)46-40(49)34(25-19-22-32-20-15-13-16-21-32)30-36(43(4,5)6)38(47-42(51)52-44(7,8)9)39(53-54(10)11)33-23-17-14-18-24-33/h13-24,31,34-39,45,54H,12,25-30H2,1-11H3,(H,46,49)(H,47,51)/t34-,36-,37+,38+,39?/m1/s1. The van der Waals surface area contributed by atoms with Crippen LogP contribution in [0.3, 0.4) is 0 Å². The molecule has 2 aromatic rings. The lowest BCUT2D eigenvalue weighted by atomic mass is 9.69. The van der Waals surface area contributed by atoms with Crippen molar-refractivity contribution in [2.24, 2.45) is 23.2 Å². The van der Waals surface area contributed by atoms with Crippen LogP contribution in [0.25, 0.3) is 6.08 Å². The Labute approximate surface area is 328 Å². The third-order valence-corrected chi connectivity index (χ3v) is 10.9. The second kappa shape index (κ2) is 21.0. The monoisotopic (exact) mass is 763 g/mol. The van der Waals surface area contributed by atoms with E-state index < -0.39 is 44.8 Å². The van der Waals surface area contributed by atoms with Gasteiger partial charge in [0, 0.05) is 25.0 Å². The Bertz CT molecular complexity index is 1460. The van der Waals surface area contributed by atoms with E-state index >= 15 is 0 Å². The zero-order valence-electron chi connectivity index (χ0n) is 35.0. The molecule has 0 radical (unpaired) electrons. The largest absolute Gasteiger partial charge is 0.444 e. The molecule has 0 aromatic heterocycles. The molecule has 9 nitrogen and oxygen atoms in total. The van der Waals surface area contributed by atoms with E-state index in [0.717, 1.165) is 30.5 Å². The van der Waals surface area contributed by atoms with E-state index in [0.29, 0.717) is 32.0 Å². The Morgan fingerprint density at radius 1 is 0.907 bits per heavy atom. The smallest absolute Gasteiger partial charge is 0.407 e. The summed E-state index contributed by atoms with van der Waals surface area (Å²) in [5, 5.41) is 10.0. The van der Waals surface area contributed by atoms with E-state index in [1.54, 1.807) is 0 Å². The van der Waals surface area contributed by atoms with Crippen molar-refractivity contribution in [3.05, 3.63) is 77.9 Å². The van der Waals surface area contributed by atoms with E-state index in [9.17, 15) is 14.4 Å². The number of nitrogens with one attached hydrogen (secondary N) is 3. The number of piperidine rings is 1. The number of benzene rings is 2. The first-order valence-electron chi connectivity index (χ1n) is 20.1. The third kappa shape index (κ3) is 14.6. The summed E-state index contributed by atoms with van der Waals surface area (Å²) in [5.74, 6) is -1.02. The maximum atomic E-state index is 14.7. The van der Waals surface area contributed by atoms with Crippen LogP contribution in [0.5, 0.6) is 0 Å². The van der Waals surface area contributed by atoms with Gasteiger partial charge in [0.25, 0.3) is 0 Å². The van der Waals surface area contributed by atoms with E-state index in [4.69, 9.17) is 9.16 Å². The molecule has 3 N–H and O–H groups in total. The summed E-state index contributed by atoms with van der Waals surface area (Å²) in [5.41, 5.74) is 0.930.